The van der Waals surface area contributed by atoms with Crippen LogP contribution in [0.25, 0.3) is 0 Å². The summed E-state index contributed by atoms with van der Waals surface area (Å²) < 4.78 is 4.93. The molecule has 1 rings (SSSR count). The number of rotatable bonds is 5. The van der Waals surface area contributed by atoms with Gasteiger partial charge in [0.25, 0.3) is 0 Å². The van der Waals surface area contributed by atoms with Crippen LogP contribution in [0.4, 0.5) is 0 Å². The fraction of sp³-hybridized carbons (Fsp3) is 0.818. The Labute approximate surface area is 95.9 Å². The summed E-state index contributed by atoms with van der Waals surface area (Å²) in [6, 6.07) is 0. The maximum Gasteiger partial charge on any atom is 0.309 e. The summed E-state index contributed by atoms with van der Waals surface area (Å²) in [7, 11) is 0. The highest BCUT2D eigenvalue weighted by Gasteiger charge is 2.28. The molecule has 1 aliphatic heterocycles. The number of ether oxygens (including phenoxy) is 1. The van der Waals surface area contributed by atoms with Crippen molar-refractivity contribution in [3.8, 4) is 0 Å². The minimum atomic E-state index is -0.244. The minimum Gasteiger partial charge on any atom is -0.466 e. The van der Waals surface area contributed by atoms with Crippen LogP contribution in [-0.2, 0) is 14.3 Å². The van der Waals surface area contributed by atoms with Crippen molar-refractivity contribution in [3.05, 3.63) is 0 Å². The molecular formula is C11H20N2O3. The van der Waals surface area contributed by atoms with Gasteiger partial charge < -0.3 is 15.4 Å². The van der Waals surface area contributed by atoms with Gasteiger partial charge in [0.15, 0.2) is 0 Å². The van der Waals surface area contributed by atoms with Gasteiger partial charge in [-0.25, -0.2) is 0 Å². The molecule has 0 saturated carbocycles. The van der Waals surface area contributed by atoms with E-state index in [-0.39, 0.29) is 23.7 Å². The summed E-state index contributed by atoms with van der Waals surface area (Å²) in [5, 5.41) is 0. The fourth-order valence-corrected chi connectivity index (χ4v) is 1.98. The number of carbonyl (C=O) groups excluding carboxylic acids is 2. The third-order valence-electron chi connectivity index (χ3n) is 2.90. The predicted molar refractivity (Wildman–Crippen MR) is 59.5 cm³/mol. The second-order valence-corrected chi connectivity index (χ2v) is 4.30. The Morgan fingerprint density at radius 3 is 2.75 bits per heavy atom. The van der Waals surface area contributed by atoms with Crippen LogP contribution in [0.15, 0.2) is 0 Å². The van der Waals surface area contributed by atoms with Gasteiger partial charge in [0.2, 0.25) is 5.91 Å². The molecule has 5 nitrogen and oxygen atoms in total. The first kappa shape index (κ1) is 13.0. The smallest absolute Gasteiger partial charge is 0.309 e. The largest absolute Gasteiger partial charge is 0.466 e. The van der Waals surface area contributed by atoms with Crippen molar-refractivity contribution in [1.82, 2.24) is 4.90 Å². The number of esters is 1. The van der Waals surface area contributed by atoms with Gasteiger partial charge in [-0.3, -0.25) is 9.59 Å². The SMILES string of the molecule is CCOC(=O)C(C)CN1CCC(C(N)=O)C1. The third kappa shape index (κ3) is 3.48. The normalized spacial score (nSPS) is 23.0. The molecule has 2 atom stereocenters. The first-order chi connectivity index (χ1) is 7.54. The van der Waals surface area contributed by atoms with Crippen molar-refractivity contribution in [1.29, 1.82) is 0 Å². The van der Waals surface area contributed by atoms with Crippen LogP contribution >= 0.6 is 0 Å². The Bertz CT molecular complexity index is 268. The molecule has 2 unspecified atom stereocenters. The lowest BCUT2D eigenvalue weighted by Gasteiger charge is -2.19. The van der Waals surface area contributed by atoms with Crippen LogP contribution in [0.5, 0.6) is 0 Å². The molecule has 92 valence electrons. The molecule has 0 spiro atoms. The predicted octanol–water partition coefficient (Wildman–Crippen LogP) is -0.00720. The fourth-order valence-electron chi connectivity index (χ4n) is 1.98. The number of hydrogen-bond acceptors (Lipinski definition) is 4. The molecular weight excluding hydrogens is 208 g/mol. The number of primary amides is 1. The number of likely N-dealkylation sites (tertiary alicyclic amines) is 1. The van der Waals surface area contributed by atoms with Gasteiger partial charge in [0.05, 0.1) is 18.4 Å². The topological polar surface area (TPSA) is 72.6 Å². The van der Waals surface area contributed by atoms with E-state index in [2.05, 4.69) is 4.90 Å². The van der Waals surface area contributed by atoms with Gasteiger partial charge in [0, 0.05) is 13.1 Å². The average Bonchev–Trinajstić information content (AvgIpc) is 2.66. The second kappa shape index (κ2) is 5.84. The van der Waals surface area contributed by atoms with Crippen molar-refractivity contribution in [3.63, 3.8) is 0 Å². The van der Waals surface area contributed by atoms with Crippen molar-refractivity contribution in [2.45, 2.75) is 20.3 Å². The van der Waals surface area contributed by atoms with E-state index in [0.717, 1.165) is 13.0 Å². The zero-order chi connectivity index (χ0) is 12.1. The Morgan fingerprint density at radius 1 is 1.56 bits per heavy atom. The maximum atomic E-state index is 11.4. The average molecular weight is 228 g/mol. The van der Waals surface area contributed by atoms with Gasteiger partial charge >= 0.3 is 5.97 Å². The summed E-state index contributed by atoms with van der Waals surface area (Å²) >= 11 is 0. The molecule has 16 heavy (non-hydrogen) atoms. The highest BCUT2D eigenvalue weighted by Crippen LogP contribution is 2.17. The highest BCUT2D eigenvalue weighted by molar-refractivity contribution is 5.77. The van der Waals surface area contributed by atoms with Gasteiger partial charge in [0.1, 0.15) is 0 Å². The number of nitrogens with two attached hydrogens (primary N) is 1. The van der Waals surface area contributed by atoms with Crippen molar-refractivity contribution in [2.75, 3.05) is 26.2 Å². The summed E-state index contributed by atoms with van der Waals surface area (Å²) in [6.45, 7) is 6.19. The number of amides is 1. The van der Waals surface area contributed by atoms with E-state index in [4.69, 9.17) is 10.5 Å². The van der Waals surface area contributed by atoms with Gasteiger partial charge in [-0.05, 0) is 19.9 Å². The Kier molecular flexibility index (Phi) is 4.73. The molecule has 1 fully saturated rings. The van der Waals surface area contributed by atoms with Gasteiger partial charge in [-0.2, -0.15) is 0 Å². The van der Waals surface area contributed by atoms with Crippen LogP contribution in [0.3, 0.4) is 0 Å². The van der Waals surface area contributed by atoms with E-state index in [1.807, 2.05) is 6.92 Å². The summed E-state index contributed by atoms with van der Waals surface area (Å²) in [4.78, 5) is 24.5. The van der Waals surface area contributed by atoms with Gasteiger partial charge in [-0.1, -0.05) is 6.92 Å². The molecule has 1 amide bonds. The summed E-state index contributed by atoms with van der Waals surface area (Å²) in [5.41, 5.74) is 5.24. The lowest BCUT2D eigenvalue weighted by atomic mass is 10.1. The molecule has 0 aromatic carbocycles. The lowest BCUT2D eigenvalue weighted by Crippen LogP contribution is -2.33. The standard InChI is InChI=1S/C11H20N2O3/c1-3-16-11(15)8(2)6-13-5-4-9(7-13)10(12)14/h8-9H,3-7H2,1-2H3,(H2,12,14). The molecule has 0 aliphatic carbocycles. The first-order valence-corrected chi connectivity index (χ1v) is 5.72. The molecule has 1 saturated heterocycles. The molecule has 2 N–H and O–H groups in total. The first-order valence-electron chi connectivity index (χ1n) is 5.72. The van der Waals surface area contributed by atoms with Gasteiger partial charge in [-0.15, -0.1) is 0 Å². The van der Waals surface area contributed by atoms with Crippen LogP contribution < -0.4 is 5.73 Å². The van der Waals surface area contributed by atoms with E-state index in [9.17, 15) is 9.59 Å². The van der Waals surface area contributed by atoms with Crippen LogP contribution in [0.2, 0.25) is 0 Å². The number of carbonyl (C=O) groups is 2. The van der Waals surface area contributed by atoms with Crippen LogP contribution in [0.1, 0.15) is 20.3 Å². The summed E-state index contributed by atoms with van der Waals surface area (Å²) in [6.07, 6.45) is 0.797. The molecule has 0 aromatic rings. The summed E-state index contributed by atoms with van der Waals surface area (Å²) in [5.74, 6) is -0.628. The highest BCUT2D eigenvalue weighted by atomic mass is 16.5. The maximum absolute atomic E-state index is 11.4. The van der Waals surface area contributed by atoms with Crippen molar-refractivity contribution >= 4 is 11.9 Å². The minimum absolute atomic E-state index is 0.0607. The van der Waals surface area contributed by atoms with Crippen molar-refractivity contribution < 1.29 is 14.3 Å². The molecule has 0 aromatic heterocycles. The Hall–Kier alpha value is -1.10. The van der Waals surface area contributed by atoms with Crippen molar-refractivity contribution in [2.24, 2.45) is 17.6 Å². The zero-order valence-corrected chi connectivity index (χ0v) is 9.94. The molecule has 1 aliphatic rings. The van der Waals surface area contributed by atoms with Crippen LogP contribution in [-0.4, -0.2) is 43.0 Å². The molecule has 0 bridgehead atoms. The van der Waals surface area contributed by atoms with E-state index >= 15 is 0 Å². The number of nitrogens with zero attached hydrogens (tertiary/aromatic N) is 1. The Morgan fingerprint density at radius 2 is 2.25 bits per heavy atom. The molecule has 5 heteroatoms. The second-order valence-electron chi connectivity index (χ2n) is 4.30. The molecule has 1 heterocycles. The van der Waals surface area contributed by atoms with E-state index in [1.54, 1.807) is 6.92 Å². The molecule has 0 radical (unpaired) electrons. The quantitative estimate of drug-likeness (QED) is 0.672. The lowest BCUT2D eigenvalue weighted by molar-refractivity contribution is -0.147. The van der Waals surface area contributed by atoms with Crippen LogP contribution in [0, 0.1) is 11.8 Å². The monoisotopic (exact) mass is 228 g/mol. The zero-order valence-electron chi connectivity index (χ0n) is 9.94. The van der Waals surface area contributed by atoms with E-state index in [0.29, 0.717) is 19.7 Å². The third-order valence-corrected chi connectivity index (χ3v) is 2.90. The Balaban J connectivity index is 2.33. The van der Waals surface area contributed by atoms with E-state index < -0.39 is 0 Å². The van der Waals surface area contributed by atoms with E-state index in [1.165, 1.54) is 0 Å². The number of hydrogen-bond donors (Lipinski definition) is 1.